The molecule has 0 N–H and O–H groups in total. The predicted molar refractivity (Wildman–Crippen MR) is 261 cm³/mol. The molecule has 73 heavy (non-hydrogen) atoms. The molecule has 2 aliphatic rings. The third-order valence-electron chi connectivity index (χ3n) is 12.2. The molecule has 2 saturated heterocycles. The molecular formula is C56H59F3O13S. The summed E-state index contributed by atoms with van der Waals surface area (Å²) in [5.41, 5.74) is -1.09. The lowest BCUT2D eigenvalue weighted by Crippen LogP contribution is -2.64. The molecule has 0 bridgehead atoms. The number of benzene rings is 6. The average Bonchev–Trinajstić information content (AvgIpc) is 3.41. The van der Waals surface area contributed by atoms with E-state index in [2.05, 4.69) is 0 Å². The second-order valence-corrected chi connectivity index (χ2v) is 19.0. The molecule has 6 aromatic rings. The minimum Gasteiger partial charge on any atom is -0.374 e. The minimum absolute atomic E-state index is 0.00106. The Kier molecular flexibility index (Phi) is 19.7. The lowest BCUT2D eigenvalue weighted by atomic mass is 9.97. The van der Waals surface area contributed by atoms with Gasteiger partial charge in [-0.1, -0.05) is 182 Å². The van der Waals surface area contributed by atoms with Gasteiger partial charge in [0.05, 0.1) is 52.9 Å². The van der Waals surface area contributed by atoms with Gasteiger partial charge in [-0.2, -0.15) is 21.6 Å². The van der Waals surface area contributed by atoms with Gasteiger partial charge in [-0.15, -0.1) is 0 Å². The van der Waals surface area contributed by atoms with Crippen LogP contribution in [0.1, 0.15) is 33.4 Å². The van der Waals surface area contributed by atoms with Crippen molar-refractivity contribution in [3.05, 3.63) is 215 Å². The molecule has 0 aromatic heterocycles. The molecule has 2 heterocycles. The predicted octanol–water partition coefficient (Wildman–Crippen LogP) is 9.48. The standard InChI is InChI=1S/C56H59F3O13S/c1-62-54-52(67-36-44-28-16-6-17-29-44)50(65-34-42-24-12-4-13-25-42)48(64-33-41-22-10-3-11-23-41)47(70-54)39-69-55-53(68-37-45-30-18-7-19-31-45)51(66-35-43-26-14-5-15-27-43)49(72-73(60,61)56(57,58)59)46(71-55)38-63-32-40-20-8-2-9-21-40/h2-31,46-55H,32-39H2,1H3/t46-,47-,48-,49+,50+,51+,52-,53-,54+,55-/m1/s1. The van der Waals surface area contributed by atoms with Crippen molar-refractivity contribution in [3.8, 4) is 0 Å². The van der Waals surface area contributed by atoms with E-state index in [1.807, 2.05) is 103 Å². The molecule has 13 nitrogen and oxygen atoms in total. The second kappa shape index (κ2) is 26.7. The first-order valence-electron chi connectivity index (χ1n) is 23.9. The SMILES string of the molecule is CO[C@H]1O[C@H](CO[C@@H]2O[C@H](COCc3ccccc3)[C@H](OS(=O)(=O)C(F)(F)F)[C@H](OCc3ccccc3)[C@H]2OCc2ccccc2)[C@@H](OCc2ccccc2)[C@H](OCc2ccccc2)[C@H]1OCc1ccccc1. The van der Waals surface area contributed by atoms with Crippen LogP contribution in [0.15, 0.2) is 182 Å². The van der Waals surface area contributed by atoms with E-state index in [9.17, 15) is 21.6 Å². The highest BCUT2D eigenvalue weighted by Gasteiger charge is 2.56. The van der Waals surface area contributed by atoms with E-state index >= 15 is 0 Å². The Labute approximate surface area is 424 Å². The van der Waals surface area contributed by atoms with Crippen LogP contribution in [0.5, 0.6) is 0 Å². The number of hydrogen-bond acceptors (Lipinski definition) is 13. The molecule has 388 valence electrons. The first-order valence-corrected chi connectivity index (χ1v) is 25.3. The van der Waals surface area contributed by atoms with E-state index in [-0.39, 0.29) is 46.2 Å². The number of rotatable bonds is 25. The summed E-state index contributed by atoms with van der Waals surface area (Å²) in [6, 6.07) is 55.7. The van der Waals surface area contributed by atoms with Crippen LogP contribution in [0.25, 0.3) is 0 Å². The molecular weight excluding hydrogens is 970 g/mol. The zero-order valence-corrected chi connectivity index (χ0v) is 40.9. The highest BCUT2D eigenvalue weighted by atomic mass is 32.2. The van der Waals surface area contributed by atoms with Gasteiger partial charge < -0.3 is 47.4 Å². The number of methoxy groups -OCH3 is 1. The van der Waals surface area contributed by atoms with Crippen LogP contribution in [0, 0.1) is 0 Å². The molecule has 10 atom stereocenters. The minimum atomic E-state index is -6.25. The summed E-state index contributed by atoms with van der Waals surface area (Å²) in [4.78, 5) is 0. The van der Waals surface area contributed by atoms with Crippen molar-refractivity contribution in [1.82, 2.24) is 0 Å². The summed E-state index contributed by atoms with van der Waals surface area (Å²) < 4.78 is 139. The van der Waals surface area contributed by atoms with Gasteiger partial charge in [-0.05, 0) is 33.4 Å². The van der Waals surface area contributed by atoms with Gasteiger partial charge in [0.1, 0.15) is 48.8 Å². The van der Waals surface area contributed by atoms with E-state index in [0.717, 1.165) is 22.3 Å². The first kappa shape index (κ1) is 53.9. The maximum absolute atomic E-state index is 14.3. The highest BCUT2D eigenvalue weighted by Crippen LogP contribution is 2.37. The summed E-state index contributed by atoms with van der Waals surface area (Å²) >= 11 is 0. The van der Waals surface area contributed by atoms with E-state index < -0.39 is 83.6 Å². The zero-order valence-electron chi connectivity index (χ0n) is 40.1. The third kappa shape index (κ3) is 15.4. The number of ether oxygens (including phenoxy) is 10. The maximum Gasteiger partial charge on any atom is 0.523 e. The lowest BCUT2D eigenvalue weighted by Gasteiger charge is -2.47. The number of halogens is 3. The van der Waals surface area contributed by atoms with Crippen LogP contribution in [-0.2, 0) is 101 Å². The zero-order chi connectivity index (χ0) is 50.9. The van der Waals surface area contributed by atoms with E-state index in [4.69, 9.17) is 51.6 Å². The summed E-state index contributed by atoms with van der Waals surface area (Å²) in [6.45, 7) is -0.567. The van der Waals surface area contributed by atoms with Gasteiger partial charge in [0.2, 0.25) is 0 Å². The van der Waals surface area contributed by atoms with E-state index in [0.29, 0.717) is 11.1 Å². The van der Waals surface area contributed by atoms with Crippen molar-refractivity contribution in [2.75, 3.05) is 20.3 Å². The molecule has 2 fully saturated rings. The van der Waals surface area contributed by atoms with Crippen LogP contribution in [0.3, 0.4) is 0 Å². The van der Waals surface area contributed by atoms with Crippen molar-refractivity contribution >= 4 is 10.1 Å². The Hall–Kier alpha value is -5.38. The van der Waals surface area contributed by atoms with Gasteiger partial charge >= 0.3 is 15.6 Å². The molecule has 0 unspecified atom stereocenters. The lowest BCUT2D eigenvalue weighted by molar-refractivity contribution is -0.347. The molecule has 0 saturated carbocycles. The first-order chi connectivity index (χ1) is 35.5. The molecule has 8 rings (SSSR count). The van der Waals surface area contributed by atoms with Crippen LogP contribution in [-0.4, -0.2) is 95.7 Å². The number of hydrogen-bond donors (Lipinski definition) is 0. The summed E-state index contributed by atoms with van der Waals surface area (Å²) in [7, 11) is -4.77. The number of alkyl halides is 3. The Morgan fingerprint density at radius 1 is 0.397 bits per heavy atom. The molecule has 2 aliphatic heterocycles. The van der Waals surface area contributed by atoms with Crippen LogP contribution >= 0.6 is 0 Å². The highest BCUT2D eigenvalue weighted by molar-refractivity contribution is 7.87. The molecule has 17 heteroatoms. The van der Waals surface area contributed by atoms with Gasteiger partial charge in [0, 0.05) is 7.11 Å². The second-order valence-electron chi connectivity index (χ2n) is 17.4. The van der Waals surface area contributed by atoms with Crippen molar-refractivity contribution in [1.29, 1.82) is 0 Å². The molecule has 0 aliphatic carbocycles. The Bertz CT molecular complexity index is 2610. The smallest absolute Gasteiger partial charge is 0.374 e. The van der Waals surface area contributed by atoms with Crippen molar-refractivity contribution < 1.29 is 73.1 Å². The monoisotopic (exact) mass is 1030 g/mol. The summed E-state index contributed by atoms with van der Waals surface area (Å²) in [6.07, 6.45) is -12.6. The van der Waals surface area contributed by atoms with Gasteiger partial charge in [0.25, 0.3) is 0 Å². The van der Waals surface area contributed by atoms with Crippen molar-refractivity contribution in [2.24, 2.45) is 0 Å². The maximum atomic E-state index is 14.3. The van der Waals surface area contributed by atoms with Crippen molar-refractivity contribution in [3.63, 3.8) is 0 Å². The largest absolute Gasteiger partial charge is 0.523 e. The topological polar surface area (TPSA) is 136 Å². The van der Waals surface area contributed by atoms with E-state index in [1.165, 1.54) is 7.11 Å². The Morgan fingerprint density at radius 2 is 0.712 bits per heavy atom. The van der Waals surface area contributed by atoms with Crippen LogP contribution in [0.4, 0.5) is 13.2 Å². The molecule has 0 amide bonds. The summed E-state index contributed by atoms with van der Waals surface area (Å²) in [5.74, 6) is 0. The normalized spacial score (nSPS) is 24.5. The van der Waals surface area contributed by atoms with Gasteiger partial charge in [0.15, 0.2) is 12.6 Å². The van der Waals surface area contributed by atoms with Crippen LogP contribution < -0.4 is 0 Å². The van der Waals surface area contributed by atoms with Crippen molar-refractivity contribution in [2.45, 2.75) is 107 Å². The fourth-order valence-electron chi connectivity index (χ4n) is 8.49. The average molecular weight is 1030 g/mol. The Balaban J connectivity index is 1.15. The van der Waals surface area contributed by atoms with Crippen LogP contribution in [0.2, 0.25) is 0 Å². The quantitative estimate of drug-likeness (QED) is 0.0398. The van der Waals surface area contributed by atoms with Gasteiger partial charge in [-0.3, -0.25) is 4.18 Å². The molecule has 0 spiro atoms. The van der Waals surface area contributed by atoms with Gasteiger partial charge in [-0.25, -0.2) is 0 Å². The fourth-order valence-corrected chi connectivity index (χ4v) is 9.12. The fraction of sp³-hybridized carbons (Fsp3) is 0.357. The molecule has 6 aromatic carbocycles. The summed E-state index contributed by atoms with van der Waals surface area (Å²) in [5, 5.41) is 0. The third-order valence-corrected chi connectivity index (χ3v) is 13.2. The van der Waals surface area contributed by atoms with E-state index in [1.54, 1.807) is 78.9 Å². The molecule has 0 radical (unpaired) electrons. The Morgan fingerprint density at radius 3 is 1.10 bits per heavy atom.